The van der Waals surface area contributed by atoms with E-state index in [0.717, 1.165) is 0 Å². The van der Waals surface area contributed by atoms with Crippen LogP contribution in [0.2, 0.25) is 0 Å². The number of hydrogen-bond acceptors (Lipinski definition) is 2. The van der Waals surface area contributed by atoms with E-state index in [-0.39, 0.29) is 18.3 Å². The van der Waals surface area contributed by atoms with E-state index >= 15 is 0 Å². The van der Waals surface area contributed by atoms with Gasteiger partial charge in [-0.2, -0.15) is 0 Å². The van der Waals surface area contributed by atoms with Crippen LogP contribution in [0.3, 0.4) is 0 Å². The third kappa shape index (κ3) is 1.99. The second kappa shape index (κ2) is 2.71. The Morgan fingerprint density at radius 3 is 1.78 bits per heavy atom. The lowest BCUT2D eigenvalue weighted by atomic mass is 9.66. The minimum atomic E-state index is -0.0417. The maximum absolute atomic E-state index is 5.28. The fraction of sp³-hybridized carbons (Fsp3) is 1.00. The van der Waals surface area contributed by atoms with Crippen LogP contribution in [0, 0.1) is 0 Å². The van der Waals surface area contributed by atoms with Crippen molar-refractivity contribution in [2.75, 3.05) is 0 Å². The number of rotatable bonds is 0. The predicted molar refractivity (Wildman–Crippen MR) is 36.3 cm³/mol. The van der Waals surface area contributed by atoms with E-state index < -0.39 is 0 Å². The molecule has 1 rings (SSSR count). The Morgan fingerprint density at radius 2 is 1.44 bits per heavy atom. The highest BCUT2D eigenvalue weighted by Crippen LogP contribution is 2.09. The van der Waals surface area contributed by atoms with Crippen molar-refractivity contribution in [1.29, 1.82) is 0 Å². The molecule has 0 aromatic heterocycles. The predicted octanol–water partition coefficient (Wildman–Crippen LogP) is 0.775. The molecule has 2 nitrogen and oxygen atoms in total. The molecule has 2 unspecified atom stereocenters. The second-order valence-corrected chi connectivity index (χ2v) is 2.44. The van der Waals surface area contributed by atoms with E-state index in [2.05, 4.69) is 0 Å². The molecule has 0 aromatic rings. The zero-order chi connectivity index (χ0) is 6.85. The van der Waals surface area contributed by atoms with Gasteiger partial charge in [0.05, 0.1) is 0 Å². The summed E-state index contributed by atoms with van der Waals surface area (Å²) in [5.74, 6) is 0. The maximum Gasteiger partial charge on any atom is 0.187 e. The Balaban J connectivity index is 2.34. The third-order valence-corrected chi connectivity index (χ3v) is 1.35. The van der Waals surface area contributed by atoms with Crippen LogP contribution in [0.1, 0.15) is 20.8 Å². The zero-order valence-electron chi connectivity index (χ0n) is 6.13. The van der Waals surface area contributed by atoms with Crippen molar-refractivity contribution < 1.29 is 9.47 Å². The molecule has 0 spiro atoms. The van der Waals surface area contributed by atoms with Crippen molar-refractivity contribution in [2.45, 2.75) is 39.1 Å². The van der Waals surface area contributed by atoms with Crippen LogP contribution >= 0.6 is 0 Å². The summed E-state index contributed by atoms with van der Waals surface area (Å²) >= 11 is 0. The SMILES string of the molecule is CC1[B]C(C)OC(C)O1. The van der Waals surface area contributed by atoms with Gasteiger partial charge in [-0.05, 0) is 20.8 Å². The third-order valence-electron chi connectivity index (χ3n) is 1.35. The van der Waals surface area contributed by atoms with Crippen LogP contribution in [-0.4, -0.2) is 25.6 Å². The van der Waals surface area contributed by atoms with Gasteiger partial charge in [-0.1, -0.05) is 0 Å². The molecular weight excluding hydrogens is 115 g/mol. The highest BCUT2D eigenvalue weighted by molar-refractivity contribution is 6.38. The molecule has 1 aliphatic rings. The largest absolute Gasteiger partial charge is 0.359 e. The summed E-state index contributed by atoms with van der Waals surface area (Å²) in [5, 5.41) is 0. The highest BCUT2D eigenvalue weighted by Gasteiger charge is 2.22. The first kappa shape index (κ1) is 7.10. The van der Waals surface area contributed by atoms with Gasteiger partial charge in [0.25, 0.3) is 0 Å². The highest BCUT2D eigenvalue weighted by atomic mass is 16.7. The minimum Gasteiger partial charge on any atom is -0.359 e. The van der Waals surface area contributed by atoms with Crippen molar-refractivity contribution in [3.05, 3.63) is 0 Å². The molecule has 1 aliphatic heterocycles. The molecule has 1 saturated heterocycles. The van der Waals surface area contributed by atoms with Crippen LogP contribution in [0.15, 0.2) is 0 Å². The Hall–Kier alpha value is -0.0151. The summed E-state index contributed by atoms with van der Waals surface area (Å²) in [6.07, 6.45) is -0.0417. The summed E-state index contributed by atoms with van der Waals surface area (Å²) in [4.78, 5) is 0. The maximum atomic E-state index is 5.28. The molecule has 0 N–H and O–H groups in total. The lowest BCUT2D eigenvalue weighted by molar-refractivity contribution is -0.165. The molecule has 1 heterocycles. The summed E-state index contributed by atoms with van der Waals surface area (Å²) in [5.41, 5.74) is 0. The Labute approximate surface area is 56.8 Å². The standard InChI is InChI=1S/C6H12BO2/c1-4-7-5(2)9-6(3)8-4/h4-6H,1-3H3. The van der Waals surface area contributed by atoms with Crippen LogP contribution < -0.4 is 0 Å². The first-order chi connectivity index (χ1) is 4.18. The van der Waals surface area contributed by atoms with Gasteiger partial charge in [-0.25, -0.2) is 0 Å². The van der Waals surface area contributed by atoms with Gasteiger partial charge in [0.2, 0.25) is 0 Å². The Bertz CT molecular complexity index is 72.0. The van der Waals surface area contributed by atoms with Crippen LogP contribution in [-0.2, 0) is 9.47 Å². The molecule has 1 fully saturated rings. The molecular formula is C6H12BO2. The van der Waals surface area contributed by atoms with E-state index in [0.29, 0.717) is 0 Å². The van der Waals surface area contributed by atoms with E-state index in [9.17, 15) is 0 Å². The van der Waals surface area contributed by atoms with Gasteiger partial charge >= 0.3 is 0 Å². The lowest BCUT2D eigenvalue weighted by Gasteiger charge is -2.29. The Morgan fingerprint density at radius 1 is 1.00 bits per heavy atom. The molecule has 0 amide bonds. The van der Waals surface area contributed by atoms with E-state index in [1.807, 2.05) is 28.1 Å². The van der Waals surface area contributed by atoms with Gasteiger partial charge in [-0.15, -0.1) is 0 Å². The van der Waals surface area contributed by atoms with Crippen molar-refractivity contribution in [1.82, 2.24) is 0 Å². The van der Waals surface area contributed by atoms with Gasteiger partial charge < -0.3 is 9.47 Å². The molecule has 51 valence electrons. The number of hydrogen-bond donors (Lipinski definition) is 0. The summed E-state index contributed by atoms with van der Waals surface area (Å²) in [7, 11) is 2.04. The molecule has 1 radical (unpaired) electrons. The van der Waals surface area contributed by atoms with Crippen LogP contribution in [0.5, 0.6) is 0 Å². The molecule has 2 atom stereocenters. The van der Waals surface area contributed by atoms with Crippen molar-refractivity contribution >= 4 is 7.28 Å². The molecule has 9 heavy (non-hydrogen) atoms. The summed E-state index contributed by atoms with van der Waals surface area (Å²) in [6, 6.07) is 0.479. The monoisotopic (exact) mass is 127 g/mol. The van der Waals surface area contributed by atoms with Gasteiger partial charge in [0.1, 0.15) is 0 Å². The number of ether oxygens (including phenoxy) is 2. The quantitative estimate of drug-likeness (QED) is 0.447. The molecule has 0 saturated carbocycles. The van der Waals surface area contributed by atoms with Crippen molar-refractivity contribution in [2.24, 2.45) is 0 Å². The molecule has 0 aromatic carbocycles. The summed E-state index contributed by atoms with van der Waals surface area (Å²) in [6.45, 7) is 5.96. The Kier molecular flexibility index (Phi) is 2.14. The summed E-state index contributed by atoms with van der Waals surface area (Å²) < 4.78 is 10.6. The molecule has 0 bridgehead atoms. The van der Waals surface area contributed by atoms with E-state index in [1.165, 1.54) is 0 Å². The first-order valence-corrected chi connectivity index (χ1v) is 3.34. The topological polar surface area (TPSA) is 18.5 Å². The average molecular weight is 127 g/mol. The van der Waals surface area contributed by atoms with E-state index in [1.54, 1.807) is 0 Å². The van der Waals surface area contributed by atoms with Crippen molar-refractivity contribution in [3.63, 3.8) is 0 Å². The fourth-order valence-electron chi connectivity index (χ4n) is 1.11. The first-order valence-electron chi connectivity index (χ1n) is 3.34. The minimum absolute atomic E-state index is 0.0417. The smallest absolute Gasteiger partial charge is 0.187 e. The lowest BCUT2D eigenvalue weighted by Crippen LogP contribution is -2.40. The molecule has 0 aliphatic carbocycles. The zero-order valence-corrected chi connectivity index (χ0v) is 6.13. The van der Waals surface area contributed by atoms with Gasteiger partial charge in [0, 0.05) is 12.0 Å². The van der Waals surface area contributed by atoms with E-state index in [4.69, 9.17) is 9.47 Å². The molecule has 3 heteroatoms. The van der Waals surface area contributed by atoms with Gasteiger partial charge in [-0.3, -0.25) is 0 Å². The average Bonchev–Trinajstić information content (AvgIpc) is 1.59. The normalized spacial score (nSPS) is 44.1. The van der Waals surface area contributed by atoms with Crippen molar-refractivity contribution in [3.8, 4) is 0 Å². The van der Waals surface area contributed by atoms with Gasteiger partial charge in [0.15, 0.2) is 13.6 Å². The second-order valence-electron chi connectivity index (χ2n) is 2.44. The fourth-order valence-corrected chi connectivity index (χ4v) is 1.11. The van der Waals surface area contributed by atoms with Crippen LogP contribution in [0.4, 0.5) is 0 Å². The van der Waals surface area contributed by atoms with Crippen LogP contribution in [0.25, 0.3) is 0 Å².